The van der Waals surface area contributed by atoms with Gasteiger partial charge in [0.25, 0.3) is 0 Å². The maximum absolute atomic E-state index is 5.46. The molecule has 0 amide bonds. The van der Waals surface area contributed by atoms with Crippen LogP contribution in [-0.2, 0) is 4.74 Å². The van der Waals surface area contributed by atoms with Gasteiger partial charge in [-0.1, -0.05) is 0 Å². The minimum Gasteiger partial charge on any atom is -0.497 e. The number of hydrogen-bond donors (Lipinski definition) is 1. The molecule has 1 N–H and O–H groups in total. The molecule has 18 heavy (non-hydrogen) atoms. The smallest absolute Gasteiger partial charge is 0.145 e. The molecule has 1 atom stereocenters. The first-order valence-electron chi connectivity index (χ1n) is 6.40. The fourth-order valence-corrected chi connectivity index (χ4v) is 2.19. The summed E-state index contributed by atoms with van der Waals surface area (Å²) < 4.78 is 16.0. The van der Waals surface area contributed by atoms with E-state index in [2.05, 4.69) is 5.32 Å². The van der Waals surface area contributed by atoms with E-state index in [1.54, 1.807) is 14.2 Å². The highest BCUT2D eigenvalue weighted by Crippen LogP contribution is 2.30. The van der Waals surface area contributed by atoms with Crippen LogP contribution in [0, 0.1) is 0 Å². The Morgan fingerprint density at radius 1 is 1.17 bits per heavy atom. The molecule has 0 radical (unpaired) electrons. The number of rotatable bonds is 4. The van der Waals surface area contributed by atoms with Crippen molar-refractivity contribution in [1.82, 2.24) is 0 Å². The first kappa shape index (κ1) is 13.0. The Hall–Kier alpha value is -1.42. The molecule has 2 rings (SSSR count). The predicted molar refractivity (Wildman–Crippen MR) is 71.6 cm³/mol. The van der Waals surface area contributed by atoms with Crippen molar-refractivity contribution >= 4 is 5.69 Å². The minimum atomic E-state index is 0.454. The van der Waals surface area contributed by atoms with Crippen molar-refractivity contribution in [3.63, 3.8) is 0 Å². The second-order valence-corrected chi connectivity index (χ2v) is 4.45. The summed E-state index contributed by atoms with van der Waals surface area (Å²) in [4.78, 5) is 0. The topological polar surface area (TPSA) is 39.7 Å². The molecule has 1 saturated heterocycles. The van der Waals surface area contributed by atoms with Gasteiger partial charge in [0, 0.05) is 25.3 Å². The van der Waals surface area contributed by atoms with Gasteiger partial charge in [-0.2, -0.15) is 0 Å². The van der Waals surface area contributed by atoms with Crippen LogP contribution in [0.5, 0.6) is 11.5 Å². The maximum Gasteiger partial charge on any atom is 0.145 e. The molecule has 1 heterocycles. The number of anilines is 1. The average Bonchev–Trinajstić information content (AvgIpc) is 2.68. The molecule has 1 aromatic carbocycles. The summed E-state index contributed by atoms with van der Waals surface area (Å²) in [6.45, 7) is 1.70. The second kappa shape index (κ2) is 6.50. The zero-order valence-electron chi connectivity index (χ0n) is 11.1. The Balaban J connectivity index is 2.07. The molecule has 0 spiro atoms. The van der Waals surface area contributed by atoms with Gasteiger partial charge in [0.15, 0.2) is 0 Å². The number of methoxy groups -OCH3 is 2. The van der Waals surface area contributed by atoms with Gasteiger partial charge in [0.2, 0.25) is 0 Å². The highest BCUT2D eigenvalue weighted by Gasteiger charge is 2.14. The lowest BCUT2D eigenvalue weighted by atomic mass is 10.1. The molecule has 4 heteroatoms. The van der Waals surface area contributed by atoms with Crippen molar-refractivity contribution in [3.8, 4) is 11.5 Å². The van der Waals surface area contributed by atoms with E-state index >= 15 is 0 Å². The van der Waals surface area contributed by atoms with Crippen LogP contribution in [0.1, 0.15) is 19.3 Å². The first-order valence-corrected chi connectivity index (χ1v) is 6.40. The standard InChI is InChI=1S/C14H21NO3/c1-16-12-5-6-13(14(10-12)17-2)15-11-4-3-8-18-9-7-11/h5-6,10-11,15H,3-4,7-9H2,1-2H3. The van der Waals surface area contributed by atoms with E-state index < -0.39 is 0 Å². The summed E-state index contributed by atoms with van der Waals surface area (Å²) in [7, 11) is 3.33. The van der Waals surface area contributed by atoms with Crippen molar-refractivity contribution in [2.24, 2.45) is 0 Å². The summed E-state index contributed by atoms with van der Waals surface area (Å²) >= 11 is 0. The second-order valence-electron chi connectivity index (χ2n) is 4.45. The minimum absolute atomic E-state index is 0.454. The van der Waals surface area contributed by atoms with Crippen LogP contribution >= 0.6 is 0 Å². The van der Waals surface area contributed by atoms with Crippen LogP contribution in [0.3, 0.4) is 0 Å². The monoisotopic (exact) mass is 251 g/mol. The Kier molecular flexibility index (Phi) is 4.70. The molecule has 1 aliphatic heterocycles. The molecule has 1 fully saturated rings. The van der Waals surface area contributed by atoms with Crippen molar-refractivity contribution in [3.05, 3.63) is 18.2 Å². The number of benzene rings is 1. The van der Waals surface area contributed by atoms with Crippen LogP contribution in [0.15, 0.2) is 18.2 Å². The molecule has 0 aliphatic carbocycles. The third kappa shape index (κ3) is 3.29. The van der Waals surface area contributed by atoms with Crippen LogP contribution in [0.2, 0.25) is 0 Å². The lowest BCUT2D eigenvalue weighted by Crippen LogP contribution is -2.19. The molecular weight excluding hydrogens is 230 g/mol. The molecule has 100 valence electrons. The third-order valence-corrected chi connectivity index (χ3v) is 3.22. The maximum atomic E-state index is 5.46. The SMILES string of the molecule is COc1ccc(NC2CCCOCC2)c(OC)c1. The van der Waals surface area contributed by atoms with Gasteiger partial charge in [0.1, 0.15) is 11.5 Å². The van der Waals surface area contributed by atoms with Gasteiger partial charge >= 0.3 is 0 Å². The van der Waals surface area contributed by atoms with Gasteiger partial charge in [-0.05, 0) is 31.4 Å². The zero-order valence-corrected chi connectivity index (χ0v) is 11.1. The number of hydrogen-bond acceptors (Lipinski definition) is 4. The highest BCUT2D eigenvalue weighted by atomic mass is 16.5. The van der Waals surface area contributed by atoms with Crippen LogP contribution < -0.4 is 14.8 Å². The molecule has 4 nitrogen and oxygen atoms in total. The van der Waals surface area contributed by atoms with Gasteiger partial charge in [0.05, 0.1) is 19.9 Å². The quantitative estimate of drug-likeness (QED) is 0.893. The summed E-state index contributed by atoms with van der Waals surface area (Å²) in [6, 6.07) is 6.30. The Bertz CT molecular complexity index is 373. The Morgan fingerprint density at radius 2 is 2.06 bits per heavy atom. The van der Waals surface area contributed by atoms with Crippen LogP contribution in [-0.4, -0.2) is 33.5 Å². The fourth-order valence-electron chi connectivity index (χ4n) is 2.19. The lowest BCUT2D eigenvalue weighted by Gasteiger charge is -2.19. The first-order chi connectivity index (χ1) is 8.83. The zero-order chi connectivity index (χ0) is 12.8. The molecule has 0 saturated carbocycles. The van der Waals surface area contributed by atoms with E-state index in [1.807, 2.05) is 18.2 Å². The number of ether oxygens (including phenoxy) is 3. The molecule has 0 bridgehead atoms. The predicted octanol–water partition coefficient (Wildman–Crippen LogP) is 2.68. The van der Waals surface area contributed by atoms with E-state index in [1.165, 1.54) is 0 Å². The summed E-state index contributed by atoms with van der Waals surface area (Å²) in [5, 5.41) is 3.53. The summed E-state index contributed by atoms with van der Waals surface area (Å²) in [5.74, 6) is 1.63. The van der Waals surface area contributed by atoms with E-state index in [4.69, 9.17) is 14.2 Å². The van der Waals surface area contributed by atoms with E-state index in [-0.39, 0.29) is 0 Å². The third-order valence-electron chi connectivity index (χ3n) is 3.22. The highest BCUT2D eigenvalue weighted by molar-refractivity contribution is 5.59. The van der Waals surface area contributed by atoms with Gasteiger partial charge < -0.3 is 19.5 Å². The molecular formula is C14H21NO3. The Morgan fingerprint density at radius 3 is 2.83 bits per heavy atom. The van der Waals surface area contributed by atoms with Crippen molar-refractivity contribution in [2.75, 3.05) is 32.8 Å². The van der Waals surface area contributed by atoms with E-state index in [9.17, 15) is 0 Å². The molecule has 1 aromatic rings. The molecule has 0 aromatic heterocycles. The van der Waals surface area contributed by atoms with E-state index in [0.717, 1.165) is 49.7 Å². The van der Waals surface area contributed by atoms with Gasteiger partial charge in [-0.15, -0.1) is 0 Å². The van der Waals surface area contributed by atoms with Crippen LogP contribution in [0.4, 0.5) is 5.69 Å². The van der Waals surface area contributed by atoms with Crippen molar-refractivity contribution < 1.29 is 14.2 Å². The molecule has 1 unspecified atom stereocenters. The normalized spacial score (nSPS) is 20.0. The van der Waals surface area contributed by atoms with Crippen LogP contribution in [0.25, 0.3) is 0 Å². The number of nitrogens with one attached hydrogen (secondary N) is 1. The lowest BCUT2D eigenvalue weighted by molar-refractivity contribution is 0.144. The fraction of sp³-hybridized carbons (Fsp3) is 0.571. The van der Waals surface area contributed by atoms with Gasteiger partial charge in [-0.3, -0.25) is 0 Å². The van der Waals surface area contributed by atoms with E-state index in [0.29, 0.717) is 6.04 Å². The Labute approximate surface area is 108 Å². The largest absolute Gasteiger partial charge is 0.497 e. The van der Waals surface area contributed by atoms with Gasteiger partial charge in [-0.25, -0.2) is 0 Å². The summed E-state index contributed by atoms with van der Waals surface area (Å²) in [5.41, 5.74) is 1.02. The molecule has 1 aliphatic rings. The van der Waals surface area contributed by atoms with Crippen molar-refractivity contribution in [1.29, 1.82) is 0 Å². The average molecular weight is 251 g/mol. The summed E-state index contributed by atoms with van der Waals surface area (Å²) in [6.07, 6.45) is 3.28. The van der Waals surface area contributed by atoms with Crippen molar-refractivity contribution in [2.45, 2.75) is 25.3 Å².